The molecule has 0 unspecified atom stereocenters. The average molecular weight is 321 g/mol. The molecule has 126 valence electrons. The SMILES string of the molecule is CCN(CC(=O)NC[C@@H]1CCCO1)Cc1cccc([N+](=O)[O-])c1. The van der Waals surface area contributed by atoms with Crippen molar-refractivity contribution in [3.05, 3.63) is 39.9 Å². The third-order valence-electron chi connectivity index (χ3n) is 3.89. The number of carbonyl (C=O) groups excluding carboxylic acids is 1. The van der Waals surface area contributed by atoms with Crippen molar-refractivity contribution in [1.29, 1.82) is 0 Å². The number of nitro benzene ring substituents is 1. The maximum Gasteiger partial charge on any atom is 0.269 e. The van der Waals surface area contributed by atoms with E-state index in [0.29, 0.717) is 19.6 Å². The molecule has 23 heavy (non-hydrogen) atoms. The Bertz CT molecular complexity index is 544. The van der Waals surface area contributed by atoms with Gasteiger partial charge in [0.2, 0.25) is 5.91 Å². The van der Waals surface area contributed by atoms with Gasteiger partial charge in [-0.05, 0) is 24.9 Å². The van der Waals surface area contributed by atoms with E-state index in [4.69, 9.17) is 4.74 Å². The summed E-state index contributed by atoms with van der Waals surface area (Å²) in [5.41, 5.74) is 0.898. The van der Waals surface area contributed by atoms with Crippen LogP contribution in [-0.4, -0.2) is 48.1 Å². The average Bonchev–Trinajstić information content (AvgIpc) is 3.06. The maximum atomic E-state index is 12.0. The second-order valence-corrected chi connectivity index (χ2v) is 5.67. The molecule has 1 amide bonds. The molecule has 7 nitrogen and oxygen atoms in total. The molecule has 0 aromatic heterocycles. The van der Waals surface area contributed by atoms with Crippen LogP contribution in [0.3, 0.4) is 0 Å². The largest absolute Gasteiger partial charge is 0.376 e. The third kappa shape index (κ3) is 5.61. The molecule has 7 heteroatoms. The van der Waals surface area contributed by atoms with Crippen molar-refractivity contribution < 1.29 is 14.5 Å². The van der Waals surface area contributed by atoms with Crippen LogP contribution in [0.25, 0.3) is 0 Å². The Balaban J connectivity index is 1.83. The van der Waals surface area contributed by atoms with Gasteiger partial charge in [-0.15, -0.1) is 0 Å². The van der Waals surface area contributed by atoms with Crippen LogP contribution in [-0.2, 0) is 16.1 Å². The molecule has 1 fully saturated rings. The number of benzene rings is 1. The molecular weight excluding hydrogens is 298 g/mol. The molecular formula is C16H23N3O4. The Kier molecular flexibility index (Phi) is 6.49. The van der Waals surface area contributed by atoms with Crippen molar-refractivity contribution in [1.82, 2.24) is 10.2 Å². The Hall–Kier alpha value is -1.99. The number of nitrogens with zero attached hydrogens (tertiary/aromatic N) is 2. The standard InChI is InChI=1S/C16H23N3O4/c1-2-18(11-13-5-3-6-14(9-13)19(21)22)12-16(20)17-10-15-7-4-8-23-15/h3,5-6,9,15H,2,4,7-8,10-12H2,1H3,(H,17,20)/t15-/m0/s1. The van der Waals surface area contributed by atoms with E-state index in [0.717, 1.165) is 25.0 Å². The van der Waals surface area contributed by atoms with E-state index in [2.05, 4.69) is 5.32 Å². The van der Waals surface area contributed by atoms with Crippen molar-refractivity contribution in [3.8, 4) is 0 Å². The lowest BCUT2D eigenvalue weighted by atomic mass is 10.2. The fourth-order valence-electron chi connectivity index (χ4n) is 2.60. The van der Waals surface area contributed by atoms with E-state index in [1.165, 1.54) is 6.07 Å². The Morgan fingerprint density at radius 1 is 1.52 bits per heavy atom. The summed E-state index contributed by atoms with van der Waals surface area (Å²) in [4.78, 5) is 24.4. The van der Waals surface area contributed by atoms with Crippen LogP contribution in [0.2, 0.25) is 0 Å². The Labute approximate surface area is 135 Å². The number of rotatable bonds is 8. The zero-order valence-electron chi connectivity index (χ0n) is 13.4. The first-order valence-electron chi connectivity index (χ1n) is 7.92. The molecule has 1 saturated heterocycles. The van der Waals surface area contributed by atoms with Gasteiger partial charge in [-0.25, -0.2) is 0 Å². The third-order valence-corrected chi connectivity index (χ3v) is 3.89. The summed E-state index contributed by atoms with van der Waals surface area (Å²) in [7, 11) is 0. The quantitative estimate of drug-likeness (QED) is 0.582. The molecule has 1 aromatic rings. The number of nitrogens with one attached hydrogen (secondary N) is 1. The van der Waals surface area contributed by atoms with E-state index in [-0.39, 0.29) is 24.2 Å². The molecule has 1 aromatic carbocycles. The Morgan fingerprint density at radius 3 is 3.00 bits per heavy atom. The smallest absolute Gasteiger partial charge is 0.269 e. The van der Waals surface area contributed by atoms with Crippen molar-refractivity contribution in [3.63, 3.8) is 0 Å². The number of ether oxygens (including phenoxy) is 1. The highest BCUT2D eigenvalue weighted by Gasteiger charge is 2.17. The number of non-ortho nitro benzene ring substituents is 1. The summed E-state index contributed by atoms with van der Waals surface area (Å²) in [6.45, 7) is 4.75. The predicted molar refractivity (Wildman–Crippen MR) is 86.0 cm³/mol. The highest BCUT2D eigenvalue weighted by molar-refractivity contribution is 5.78. The summed E-state index contributed by atoms with van der Waals surface area (Å²) < 4.78 is 5.47. The van der Waals surface area contributed by atoms with Gasteiger partial charge in [0.25, 0.3) is 5.69 Å². The van der Waals surface area contributed by atoms with E-state index in [1.54, 1.807) is 12.1 Å². The van der Waals surface area contributed by atoms with E-state index in [1.807, 2.05) is 17.9 Å². The topological polar surface area (TPSA) is 84.7 Å². The van der Waals surface area contributed by atoms with Crippen LogP contribution in [0.5, 0.6) is 0 Å². The van der Waals surface area contributed by atoms with Gasteiger partial charge in [0, 0.05) is 31.8 Å². The summed E-state index contributed by atoms with van der Waals surface area (Å²) in [5.74, 6) is -0.0484. The van der Waals surface area contributed by atoms with Gasteiger partial charge in [0.15, 0.2) is 0 Å². The zero-order valence-corrected chi connectivity index (χ0v) is 13.4. The van der Waals surface area contributed by atoms with E-state index < -0.39 is 4.92 Å². The second kappa shape index (κ2) is 8.59. The van der Waals surface area contributed by atoms with Crippen LogP contribution in [0.4, 0.5) is 5.69 Å². The second-order valence-electron chi connectivity index (χ2n) is 5.67. The minimum absolute atomic E-state index is 0.0484. The molecule has 1 N–H and O–H groups in total. The summed E-state index contributed by atoms with van der Waals surface area (Å²) in [6.07, 6.45) is 2.17. The molecule has 1 heterocycles. The number of hydrogen-bond donors (Lipinski definition) is 1. The fourth-order valence-corrected chi connectivity index (χ4v) is 2.60. The highest BCUT2D eigenvalue weighted by atomic mass is 16.6. The first-order valence-corrected chi connectivity index (χ1v) is 7.92. The van der Waals surface area contributed by atoms with Crippen LogP contribution in [0.1, 0.15) is 25.3 Å². The van der Waals surface area contributed by atoms with Gasteiger partial charge < -0.3 is 10.1 Å². The zero-order chi connectivity index (χ0) is 16.7. The molecule has 0 spiro atoms. The molecule has 1 aliphatic heterocycles. The normalized spacial score (nSPS) is 17.4. The van der Waals surface area contributed by atoms with Crippen molar-refractivity contribution in [2.45, 2.75) is 32.4 Å². The number of likely N-dealkylation sites (N-methyl/N-ethyl adjacent to an activating group) is 1. The van der Waals surface area contributed by atoms with Crippen molar-refractivity contribution in [2.24, 2.45) is 0 Å². The Morgan fingerprint density at radius 2 is 2.35 bits per heavy atom. The van der Waals surface area contributed by atoms with Crippen LogP contribution >= 0.6 is 0 Å². The van der Waals surface area contributed by atoms with Gasteiger partial charge in [-0.1, -0.05) is 19.1 Å². The van der Waals surface area contributed by atoms with Crippen LogP contribution in [0, 0.1) is 10.1 Å². The molecule has 0 radical (unpaired) electrons. The first-order chi connectivity index (χ1) is 11.1. The van der Waals surface area contributed by atoms with Crippen molar-refractivity contribution >= 4 is 11.6 Å². The lowest BCUT2D eigenvalue weighted by Crippen LogP contribution is -2.39. The van der Waals surface area contributed by atoms with Gasteiger partial charge in [0.05, 0.1) is 17.6 Å². The predicted octanol–water partition coefficient (Wildman–Crippen LogP) is 1.71. The summed E-state index contributed by atoms with van der Waals surface area (Å²) in [6, 6.07) is 6.51. The number of carbonyl (C=O) groups is 1. The van der Waals surface area contributed by atoms with Gasteiger partial charge in [0.1, 0.15) is 0 Å². The lowest BCUT2D eigenvalue weighted by molar-refractivity contribution is -0.384. The molecule has 2 rings (SSSR count). The number of amides is 1. The molecule has 0 aliphatic carbocycles. The van der Waals surface area contributed by atoms with E-state index in [9.17, 15) is 14.9 Å². The van der Waals surface area contributed by atoms with Gasteiger partial charge in [-0.2, -0.15) is 0 Å². The van der Waals surface area contributed by atoms with Crippen molar-refractivity contribution in [2.75, 3.05) is 26.2 Å². The van der Waals surface area contributed by atoms with Crippen LogP contribution < -0.4 is 5.32 Å². The van der Waals surface area contributed by atoms with Crippen LogP contribution in [0.15, 0.2) is 24.3 Å². The lowest BCUT2D eigenvalue weighted by Gasteiger charge is -2.20. The molecule has 0 saturated carbocycles. The van der Waals surface area contributed by atoms with E-state index >= 15 is 0 Å². The molecule has 1 aliphatic rings. The van der Waals surface area contributed by atoms with Gasteiger partial charge >= 0.3 is 0 Å². The first kappa shape index (κ1) is 17.4. The molecule has 1 atom stereocenters. The molecule has 0 bridgehead atoms. The maximum absolute atomic E-state index is 12.0. The number of hydrogen-bond acceptors (Lipinski definition) is 5. The minimum Gasteiger partial charge on any atom is -0.376 e. The monoisotopic (exact) mass is 321 g/mol. The highest BCUT2D eigenvalue weighted by Crippen LogP contribution is 2.14. The summed E-state index contributed by atoms with van der Waals surface area (Å²) in [5, 5.41) is 13.7. The minimum atomic E-state index is -0.409. The van der Waals surface area contributed by atoms with Gasteiger partial charge in [-0.3, -0.25) is 19.8 Å². The number of nitro groups is 1. The summed E-state index contributed by atoms with van der Waals surface area (Å²) >= 11 is 0. The fraction of sp³-hybridized carbons (Fsp3) is 0.562.